The van der Waals surface area contributed by atoms with Crippen LogP contribution in [0.1, 0.15) is 26.7 Å². The van der Waals surface area contributed by atoms with Gasteiger partial charge in [-0.1, -0.05) is 6.92 Å². The highest BCUT2D eigenvalue weighted by Crippen LogP contribution is 2.25. The zero-order valence-electron chi connectivity index (χ0n) is 12.4. The van der Waals surface area contributed by atoms with Gasteiger partial charge in [0, 0.05) is 19.6 Å². The molecule has 6 heteroatoms. The smallest absolute Gasteiger partial charge is 0.320 e. The predicted octanol–water partition coefficient (Wildman–Crippen LogP) is 1.26. The second kappa shape index (κ2) is 5.99. The summed E-state index contributed by atoms with van der Waals surface area (Å²) in [6, 6.07) is -0.239. The molecule has 0 aromatic carbocycles. The Morgan fingerprint density at radius 3 is 2.60 bits per heavy atom. The van der Waals surface area contributed by atoms with Crippen molar-refractivity contribution in [3.63, 3.8) is 0 Å². The monoisotopic (exact) mass is 284 g/mol. The van der Waals surface area contributed by atoms with Crippen LogP contribution in [0.3, 0.4) is 0 Å². The maximum absolute atomic E-state index is 12.6. The Morgan fingerprint density at radius 1 is 1.30 bits per heavy atom. The molecular formula is C14H24N2O4. The van der Waals surface area contributed by atoms with E-state index in [4.69, 9.17) is 4.74 Å². The van der Waals surface area contributed by atoms with Gasteiger partial charge in [0.1, 0.15) is 5.92 Å². The minimum atomic E-state index is -0.896. The highest BCUT2D eigenvalue weighted by molar-refractivity contribution is 5.77. The van der Waals surface area contributed by atoms with Crippen molar-refractivity contribution in [1.29, 1.82) is 0 Å². The van der Waals surface area contributed by atoms with Crippen molar-refractivity contribution in [3.8, 4) is 0 Å². The third-order valence-electron chi connectivity index (χ3n) is 4.55. The standard InChI is InChI=1S/C14H24N2O4/c1-9-4-5-16(10(2)6-9)14(19)15(3)12-8-20-7-11(12)13(17)18/h9-12H,4-8H2,1-3H3,(H,17,18). The van der Waals surface area contributed by atoms with E-state index in [1.54, 1.807) is 11.9 Å². The topological polar surface area (TPSA) is 70.1 Å². The van der Waals surface area contributed by atoms with Gasteiger partial charge in [0.25, 0.3) is 0 Å². The molecule has 0 bridgehead atoms. The van der Waals surface area contributed by atoms with Crippen molar-refractivity contribution in [3.05, 3.63) is 0 Å². The Morgan fingerprint density at radius 2 is 2.00 bits per heavy atom. The van der Waals surface area contributed by atoms with E-state index in [-0.39, 0.29) is 24.7 Å². The molecule has 20 heavy (non-hydrogen) atoms. The molecule has 2 saturated heterocycles. The van der Waals surface area contributed by atoms with E-state index in [2.05, 4.69) is 13.8 Å². The van der Waals surface area contributed by atoms with Gasteiger partial charge in [-0.15, -0.1) is 0 Å². The summed E-state index contributed by atoms with van der Waals surface area (Å²) in [6.45, 7) is 5.49. The van der Waals surface area contributed by atoms with Crippen molar-refractivity contribution in [2.24, 2.45) is 11.8 Å². The van der Waals surface area contributed by atoms with Crippen molar-refractivity contribution in [2.75, 3.05) is 26.8 Å². The van der Waals surface area contributed by atoms with Gasteiger partial charge in [-0.2, -0.15) is 0 Å². The Bertz CT molecular complexity index is 387. The molecule has 0 aromatic heterocycles. The summed E-state index contributed by atoms with van der Waals surface area (Å²) in [5, 5.41) is 9.18. The number of amides is 2. The van der Waals surface area contributed by atoms with Crippen LogP contribution in [0, 0.1) is 11.8 Å². The molecule has 2 aliphatic heterocycles. The summed E-state index contributed by atoms with van der Waals surface area (Å²) in [7, 11) is 1.68. The summed E-state index contributed by atoms with van der Waals surface area (Å²) in [5.41, 5.74) is 0. The first kappa shape index (κ1) is 15.1. The number of aliphatic carboxylic acids is 1. The van der Waals surface area contributed by atoms with Crippen LogP contribution in [-0.4, -0.2) is 65.8 Å². The maximum Gasteiger partial charge on any atom is 0.320 e. The van der Waals surface area contributed by atoms with Crippen LogP contribution in [0.15, 0.2) is 0 Å². The highest BCUT2D eigenvalue weighted by atomic mass is 16.5. The van der Waals surface area contributed by atoms with Gasteiger partial charge in [-0.3, -0.25) is 4.79 Å². The van der Waals surface area contributed by atoms with Gasteiger partial charge >= 0.3 is 12.0 Å². The number of nitrogens with zero attached hydrogens (tertiary/aromatic N) is 2. The molecule has 0 saturated carbocycles. The van der Waals surface area contributed by atoms with Crippen LogP contribution in [0.2, 0.25) is 0 Å². The molecular weight excluding hydrogens is 260 g/mol. The summed E-state index contributed by atoms with van der Waals surface area (Å²) in [4.78, 5) is 27.2. The fourth-order valence-corrected chi connectivity index (χ4v) is 3.20. The number of carboxylic acids is 1. The molecule has 6 nitrogen and oxygen atoms in total. The average Bonchev–Trinajstić information content (AvgIpc) is 2.86. The van der Waals surface area contributed by atoms with Gasteiger partial charge in [-0.25, -0.2) is 4.79 Å². The summed E-state index contributed by atoms with van der Waals surface area (Å²) >= 11 is 0. The molecule has 0 spiro atoms. The zero-order valence-corrected chi connectivity index (χ0v) is 12.4. The zero-order chi connectivity index (χ0) is 14.9. The van der Waals surface area contributed by atoms with E-state index in [1.807, 2.05) is 4.90 Å². The number of carboxylic acid groups (broad SMARTS) is 1. The maximum atomic E-state index is 12.6. The number of likely N-dealkylation sites (tertiary alicyclic amines) is 1. The molecule has 2 amide bonds. The van der Waals surface area contributed by atoms with Crippen LogP contribution < -0.4 is 0 Å². The van der Waals surface area contributed by atoms with E-state index in [1.165, 1.54) is 0 Å². The van der Waals surface area contributed by atoms with Gasteiger partial charge in [0.05, 0.1) is 19.3 Å². The van der Waals surface area contributed by atoms with Crippen LogP contribution in [-0.2, 0) is 9.53 Å². The summed E-state index contributed by atoms with van der Waals surface area (Å²) < 4.78 is 5.24. The minimum absolute atomic E-state index is 0.0776. The average molecular weight is 284 g/mol. The number of carbonyl (C=O) groups excluding carboxylic acids is 1. The third kappa shape index (κ3) is 2.90. The molecule has 4 atom stereocenters. The molecule has 2 heterocycles. The van der Waals surface area contributed by atoms with Crippen LogP contribution in [0.5, 0.6) is 0 Å². The molecule has 2 fully saturated rings. The molecule has 2 aliphatic rings. The van der Waals surface area contributed by atoms with E-state index in [9.17, 15) is 14.7 Å². The summed E-state index contributed by atoms with van der Waals surface area (Å²) in [5.74, 6) is -0.878. The number of ether oxygens (including phenoxy) is 1. The molecule has 2 rings (SSSR count). The third-order valence-corrected chi connectivity index (χ3v) is 4.55. The molecule has 0 aliphatic carbocycles. The lowest BCUT2D eigenvalue weighted by Gasteiger charge is -2.40. The largest absolute Gasteiger partial charge is 0.481 e. The lowest BCUT2D eigenvalue weighted by molar-refractivity contribution is -0.142. The number of rotatable bonds is 2. The van der Waals surface area contributed by atoms with Gasteiger partial charge in [0.15, 0.2) is 0 Å². The Hall–Kier alpha value is -1.30. The minimum Gasteiger partial charge on any atom is -0.481 e. The number of piperidine rings is 1. The van der Waals surface area contributed by atoms with E-state index in [0.717, 1.165) is 19.4 Å². The lowest BCUT2D eigenvalue weighted by atomic mass is 9.93. The van der Waals surface area contributed by atoms with Gasteiger partial charge in [-0.05, 0) is 25.7 Å². The fraction of sp³-hybridized carbons (Fsp3) is 0.857. The van der Waals surface area contributed by atoms with Gasteiger partial charge < -0.3 is 19.6 Å². The SMILES string of the molecule is CC1CCN(C(=O)N(C)C2COCC2C(=O)O)C(C)C1. The second-order valence-electron chi connectivity index (χ2n) is 6.11. The van der Waals surface area contributed by atoms with Crippen molar-refractivity contribution >= 4 is 12.0 Å². The predicted molar refractivity (Wildman–Crippen MR) is 73.5 cm³/mol. The highest BCUT2D eigenvalue weighted by Gasteiger charge is 2.40. The molecule has 114 valence electrons. The first-order valence-electron chi connectivity index (χ1n) is 7.25. The lowest BCUT2D eigenvalue weighted by Crippen LogP contribution is -2.54. The fourth-order valence-electron chi connectivity index (χ4n) is 3.20. The number of hydrogen-bond acceptors (Lipinski definition) is 3. The van der Waals surface area contributed by atoms with Crippen LogP contribution >= 0.6 is 0 Å². The van der Waals surface area contributed by atoms with E-state index >= 15 is 0 Å². The Kier molecular flexibility index (Phi) is 4.52. The first-order chi connectivity index (χ1) is 9.41. The number of urea groups is 1. The van der Waals surface area contributed by atoms with Crippen molar-refractivity contribution < 1.29 is 19.4 Å². The Labute approximate surface area is 119 Å². The number of carbonyl (C=O) groups is 2. The first-order valence-corrected chi connectivity index (χ1v) is 7.25. The molecule has 4 unspecified atom stereocenters. The molecule has 1 N–H and O–H groups in total. The van der Waals surface area contributed by atoms with Crippen LogP contribution in [0.25, 0.3) is 0 Å². The number of likely N-dealkylation sites (N-methyl/N-ethyl adjacent to an activating group) is 1. The molecule has 0 aromatic rings. The van der Waals surface area contributed by atoms with E-state index in [0.29, 0.717) is 12.5 Å². The second-order valence-corrected chi connectivity index (χ2v) is 6.11. The molecule has 0 radical (unpaired) electrons. The Balaban J connectivity index is 2.03. The van der Waals surface area contributed by atoms with E-state index < -0.39 is 11.9 Å². The van der Waals surface area contributed by atoms with Crippen molar-refractivity contribution in [1.82, 2.24) is 9.80 Å². The normalized spacial score (nSPS) is 34.0. The number of hydrogen-bond donors (Lipinski definition) is 1. The van der Waals surface area contributed by atoms with Crippen LogP contribution in [0.4, 0.5) is 4.79 Å². The quantitative estimate of drug-likeness (QED) is 0.828. The summed E-state index contributed by atoms with van der Waals surface area (Å²) in [6.07, 6.45) is 2.01. The van der Waals surface area contributed by atoms with Gasteiger partial charge in [0.2, 0.25) is 0 Å². The van der Waals surface area contributed by atoms with Crippen molar-refractivity contribution in [2.45, 2.75) is 38.8 Å².